The quantitative estimate of drug-likeness (QED) is 0.540. The molecular formula is C20H23N5O2. The van der Waals surface area contributed by atoms with Gasteiger partial charge in [0.2, 0.25) is 0 Å². The number of para-hydroxylation sites is 1. The smallest absolute Gasteiger partial charge is 0.280 e. The number of guanidine groups is 1. The lowest BCUT2D eigenvalue weighted by Gasteiger charge is -2.26. The number of benzene rings is 2. The van der Waals surface area contributed by atoms with Gasteiger partial charge in [-0.3, -0.25) is 9.69 Å². The summed E-state index contributed by atoms with van der Waals surface area (Å²) in [5, 5.41) is 2.30. The van der Waals surface area contributed by atoms with Crippen molar-refractivity contribution in [3.05, 3.63) is 48.0 Å². The molecule has 1 aliphatic heterocycles. The van der Waals surface area contributed by atoms with Gasteiger partial charge in [0.15, 0.2) is 5.96 Å². The first-order chi connectivity index (χ1) is 13.1. The van der Waals surface area contributed by atoms with E-state index in [1.165, 1.54) is 5.39 Å². The van der Waals surface area contributed by atoms with Crippen molar-refractivity contribution in [1.82, 2.24) is 9.47 Å². The summed E-state index contributed by atoms with van der Waals surface area (Å²) in [6, 6.07) is 13.9. The van der Waals surface area contributed by atoms with Crippen molar-refractivity contribution in [3.8, 4) is 0 Å². The molecule has 0 unspecified atom stereocenters. The average molecular weight is 365 g/mol. The van der Waals surface area contributed by atoms with Crippen molar-refractivity contribution >= 4 is 33.7 Å². The predicted octanol–water partition coefficient (Wildman–Crippen LogP) is 1.54. The van der Waals surface area contributed by atoms with Crippen LogP contribution in [0.4, 0.5) is 0 Å². The first-order valence-corrected chi connectivity index (χ1v) is 9.08. The van der Waals surface area contributed by atoms with Crippen LogP contribution in [0.15, 0.2) is 47.5 Å². The van der Waals surface area contributed by atoms with Crippen LogP contribution in [-0.4, -0.2) is 54.2 Å². The van der Waals surface area contributed by atoms with Crippen molar-refractivity contribution in [2.75, 3.05) is 32.8 Å². The van der Waals surface area contributed by atoms with Crippen LogP contribution in [0.3, 0.4) is 0 Å². The molecule has 1 saturated heterocycles. The number of aromatic nitrogens is 1. The Hall–Kier alpha value is -2.90. The second kappa shape index (κ2) is 7.38. The lowest BCUT2D eigenvalue weighted by molar-refractivity contribution is 0.0366. The van der Waals surface area contributed by atoms with E-state index in [0.29, 0.717) is 5.56 Å². The van der Waals surface area contributed by atoms with Crippen LogP contribution in [0, 0.1) is 0 Å². The number of carbonyl (C=O) groups excluding carboxylic acids is 1. The van der Waals surface area contributed by atoms with Crippen LogP contribution in [-0.2, 0) is 11.3 Å². The van der Waals surface area contributed by atoms with E-state index in [4.69, 9.17) is 16.2 Å². The molecule has 27 heavy (non-hydrogen) atoms. The Kier molecular flexibility index (Phi) is 4.79. The van der Waals surface area contributed by atoms with E-state index in [1.54, 1.807) is 6.07 Å². The standard InChI is InChI=1S/C20H23N5O2/c21-20(22)23-19(26)14-5-6-16-15-3-1-2-4-17(15)25(18(16)13-14)8-7-24-9-11-27-12-10-24/h1-6,13H,7-12H2,(H4,21,22,23,26). The van der Waals surface area contributed by atoms with Crippen LogP contribution in [0.25, 0.3) is 21.8 Å². The Morgan fingerprint density at radius 3 is 2.52 bits per heavy atom. The molecule has 0 saturated carbocycles. The van der Waals surface area contributed by atoms with Gasteiger partial charge in [0, 0.05) is 53.5 Å². The Labute approximate surface area is 157 Å². The third-order valence-electron chi connectivity index (χ3n) is 4.99. The fraction of sp³-hybridized carbons (Fsp3) is 0.300. The van der Waals surface area contributed by atoms with E-state index in [-0.39, 0.29) is 5.96 Å². The predicted molar refractivity (Wildman–Crippen MR) is 107 cm³/mol. The van der Waals surface area contributed by atoms with Crippen LogP contribution in [0.2, 0.25) is 0 Å². The first-order valence-electron chi connectivity index (χ1n) is 9.08. The molecule has 140 valence electrons. The maximum Gasteiger partial charge on any atom is 0.280 e. The largest absolute Gasteiger partial charge is 0.379 e. The Morgan fingerprint density at radius 1 is 1.00 bits per heavy atom. The van der Waals surface area contributed by atoms with Crippen molar-refractivity contribution in [2.45, 2.75) is 6.54 Å². The molecule has 0 aliphatic carbocycles. The number of hydrogen-bond acceptors (Lipinski definition) is 3. The van der Waals surface area contributed by atoms with E-state index >= 15 is 0 Å². The number of carbonyl (C=O) groups is 1. The number of morpholine rings is 1. The van der Waals surface area contributed by atoms with Crippen molar-refractivity contribution < 1.29 is 9.53 Å². The van der Waals surface area contributed by atoms with Gasteiger partial charge in [-0.15, -0.1) is 0 Å². The monoisotopic (exact) mass is 365 g/mol. The molecule has 0 bridgehead atoms. The minimum atomic E-state index is -0.429. The minimum Gasteiger partial charge on any atom is -0.379 e. The van der Waals surface area contributed by atoms with E-state index in [9.17, 15) is 4.79 Å². The summed E-state index contributed by atoms with van der Waals surface area (Å²) in [6.45, 7) is 5.23. The van der Waals surface area contributed by atoms with Gasteiger partial charge in [0.1, 0.15) is 0 Å². The summed E-state index contributed by atoms with van der Waals surface area (Å²) in [7, 11) is 0. The second-order valence-corrected chi connectivity index (χ2v) is 6.70. The number of nitrogens with zero attached hydrogens (tertiary/aromatic N) is 3. The van der Waals surface area contributed by atoms with Gasteiger partial charge in [-0.05, 0) is 18.2 Å². The molecular weight excluding hydrogens is 342 g/mol. The Bertz CT molecular complexity index is 1010. The van der Waals surface area contributed by atoms with Gasteiger partial charge in [-0.1, -0.05) is 24.3 Å². The van der Waals surface area contributed by atoms with Crippen molar-refractivity contribution in [3.63, 3.8) is 0 Å². The van der Waals surface area contributed by atoms with Gasteiger partial charge >= 0.3 is 0 Å². The molecule has 0 atom stereocenters. The summed E-state index contributed by atoms with van der Waals surface area (Å²) in [5.41, 5.74) is 13.4. The number of ether oxygens (including phenoxy) is 1. The number of aliphatic imine (C=N–C) groups is 1. The molecule has 1 aromatic heterocycles. The topological polar surface area (TPSA) is 98.9 Å². The minimum absolute atomic E-state index is 0.229. The zero-order valence-electron chi connectivity index (χ0n) is 15.1. The first kappa shape index (κ1) is 17.5. The van der Waals surface area contributed by atoms with E-state index in [1.807, 2.05) is 24.3 Å². The van der Waals surface area contributed by atoms with Crippen LogP contribution >= 0.6 is 0 Å². The average Bonchev–Trinajstić information content (AvgIpc) is 3.00. The van der Waals surface area contributed by atoms with Crippen LogP contribution < -0.4 is 11.5 Å². The summed E-state index contributed by atoms with van der Waals surface area (Å²) >= 11 is 0. The van der Waals surface area contributed by atoms with Crippen LogP contribution in [0.1, 0.15) is 10.4 Å². The maximum absolute atomic E-state index is 12.3. The highest BCUT2D eigenvalue weighted by atomic mass is 16.5. The highest BCUT2D eigenvalue weighted by Crippen LogP contribution is 2.30. The number of nitrogens with two attached hydrogens (primary N) is 2. The van der Waals surface area contributed by atoms with Gasteiger partial charge in [-0.2, -0.15) is 4.99 Å². The highest BCUT2D eigenvalue weighted by molar-refractivity contribution is 6.11. The highest BCUT2D eigenvalue weighted by Gasteiger charge is 2.15. The molecule has 3 aromatic rings. The summed E-state index contributed by atoms with van der Waals surface area (Å²) < 4.78 is 7.70. The lowest BCUT2D eigenvalue weighted by Crippen LogP contribution is -2.38. The summed E-state index contributed by atoms with van der Waals surface area (Å²) in [4.78, 5) is 18.3. The maximum atomic E-state index is 12.3. The van der Waals surface area contributed by atoms with Crippen LogP contribution in [0.5, 0.6) is 0 Å². The van der Waals surface area contributed by atoms with Gasteiger partial charge < -0.3 is 20.8 Å². The number of fused-ring (bicyclic) bond motifs is 3. The zero-order valence-corrected chi connectivity index (χ0v) is 15.1. The molecule has 1 aliphatic rings. The second-order valence-electron chi connectivity index (χ2n) is 6.70. The summed E-state index contributed by atoms with van der Waals surface area (Å²) in [6.07, 6.45) is 0. The summed E-state index contributed by atoms with van der Waals surface area (Å²) in [5.74, 6) is -0.658. The molecule has 4 rings (SSSR count). The number of rotatable bonds is 4. The number of amides is 1. The molecule has 0 spiro atoms. The lowest BCUT2D eigenvalue weighted by atomic mass is 10.1. The molecule has 4 N–H and O–H groups in total. The third kappa shape index (κ3) is 3.51. The third-order valence-corrected chi connectivity index (χ3v) is 4.99. The van der Waals surface area contributed by atoms with Gasteiger partial charge in [0.05, 0.1) is 13.2 Å². The molecule has 2 aromatic carbocycles. The fourth-order valence-electron chi connectivity index (χ4n) is 3.67. The van der Waals surface area contributed by atoms with E-state index < -0.39 is 5.91 Å². The molecule has 2 heterocycles. The SMILES string of the molecule is NC(N)=NC(=O)c1ccc2c3ccccc3n(CCN3CCOCC3)c2c1. The number of hydrogen-bond donors (Lipinski definition) is 2. The van der Waals surface area contributed by atoms with Crippen molar-refractivity contribution in [1.29, 1.82) is 0 Å². The zero-order chi connectivity index (χ0) is 18.8. The molecule has 1 fully saturated rings. The normalized spacial score (nSPS) is 15.3. The Morgan fingerprint density at radius 2 is 1.74 bits per heavy atom. The molecule has 1 amide bonds. The fourth-order valence-corrected chi connectivity index (χ4v) is 3.67. The Balaban J connectivity index is 1.75. The van der Waals surface area contributed by atoms with Gasteiger partial charge in [-0.25, -0.2) is 0 Å². The molecule has 7 heteroatoms. The molecule has 7 nitrogen and oxygen atoms in total. The van der Waals surface area contributed by atoms with Crippen molar-refractivity contribution in [2.24, 2.45) is 16.5 Å². The van der Waals surface area contributed by atoms with E-state index in [0.717, 1.165) is 55.8 Å². The molecule has 0 radical (unpaired) electrons. The van der Waals surface area contributed by atoms with E-state index in [2.05, 4.69) is 26.6 Å². The van der Waals surface area contributed by atoms with Gasteiger partial charge in [0.25, 0.3) is 5.91 Å².